The van der Waals surface area contributed by atoms with Gasteiger partial charge in [0, 0.05) is 23.7 Å². The van der Waals surface area contributed by atoms with Crippen LogP contribution < -0.4 is 5.32 Å². The standard InChI is InChI=1S/C15H18N2O2/c1-15(2,3)14(18)17-10-11-6-4-8-16-13(11)12-7-5-9-19-12/h4-9H,10H2,1-3H3,(H,17,18). The fourth-order valence-corrected chi connectivity index (χ4v) is 1.66. The number of furan rings is 1. The smallest absolute Gasteiger partial charge is 0.225 e. The molecule has 0 atom stereocenters. The van der Waals surface area contributed by atoms with E-state index < -0.39 is 5.41 Å². The Bertz CT molecular complexity index is 554. The van der Waals surface area contributed by atoms with Crippen molar-refractivity contribution in [3.8, 4) is 11.5 Å². The van der Waals surface area contributed by atoms with Crippen LogP contribution >= 0.6 is 0 Å². The fourth-order valence-electron chi connectivity index (χ4n) is 1.66. The SMILES string of the molecule is CC(C)(C)C(=O)NCc1cccnc1-c1ccco1. The Labute approximate surface area is 112 Å². The van der Waals surface area contributed by atoms with E-state index in [2.05, 4.69) is 10.3 Å². The molecule has 0 fully saturated rings. The lowest BCUT2D eigenvalue weighted by atomic mass is 9.95. The molecule has 1 N–H and O–H groups in total. The molecule has 2 rings (SSSR count). The minimum absolute atomic E-state index is 0.0155. The first-order valence-electron chi connectivity index (χ1n) is 6.24. The molecule has 4 nitrogen and oxygen atoms in total. The number of nitrogens with zero attached hydrogens (tertiary/aromatic N) is 1. The monoisotopic (exact) mass is 258 g/mol. The Morgan fingerprint density at radius 3 is 2.74 bits per heavy atom. The first-order chi connectivity index (χ1) is 8.98. The van der Waals surface area contributed by atoms with Crippen LogP contribution in [0.3, 0.4) is 0 Å². The zero-order valence-electron chi connectivity index (χ0n) is 11.4. The number of carbonyl (C=O) groups excluding carboxylic acids is 1. The Morgan fingerprint density at radius 2 is 2.11 bits per heavy atom. The maximum Gasteiger partial charge on any atom is 0.225 e. The van der Waals surface area contributed by atoms with Gasteiger partial charge in [-0.05, 0) is 18.2 Å². The fraction of sp³-hybridized carbons (Fsp3) is 0.333. The molecule has 0 aliphatic rings. The zero-order valence-corrected chi connectivity index (χ0v) is 11.4. The zero-order chi connectivity index (χ0) is 13.9. The van der Waals surface area contributed by atoms with Crippen LogP contribution in [-0.2, 0) is 11.3 Å². The van der Waals surface area contributed by atoms with E-state index in [0.29, 0.717) is 12.3 Å². The molecule has 0 bridgehead atoms. The predicted octanol–water partition coefficient (Wildman–Crippen LogP) is 3.00. The molecule has 0 aliphatic carbocycles. The summed E-state index contributed by atoms with van der Waals surface area (Å²) < 4.78 is 5.36. The third kappa shape index (κ3) is 3.22. The number of hydrogen-bond donors (Lipinski definition) is 1. The van der Waals surface area contributed by atoms with Gasteiger partial charge in [-0.15, -0.1) is 0 Å². The molecule has 0 saturated heterocycles. The van der Waals surface area contributed by atoms with Gasteiger partial charge in [-0.25, -0.2) is 0 Å². The number of rotatable bonds is 3. The van der Waals surface area contributed by atoms with Gasteiger partial charge in [0.05, 0.1) is 6.26 Å². The van der Waals surface area contributed by atoms with Gasteiger partial charge in [0.25, 0.3) is 0 Å². The molecule has 0 aliphatic heterocycles. The number of nitrogens with one attached hydrogen (secondary N) is 1. The van der Waals surface area contributed by atoms with Crippen molar-refractivity contribution in [2.24, 2.45) is 5.41 Å². The van der Waals surface area contributed by atoms with E-state index in [1.165, 1.54) is 0 Å². The van der Waals surface area contributed by atoms with Crippen LogP contribution in [0, 0.1) is 5.41 Å². The third-order valence-corrected chi connectivity index (χ3v) is 2.77. The molecule has 2 aromatic heterocycles. The number of hydrogen-bond acceptors (Lipinski definition) is 3. The highest BCUT2D eigenvalue weighted by molar-refractivity contribution is 5.81. The summed E-state index contributed by atoms with van der Waals surface area (Å²) in [6, 6.07) is 7.47. The average Bonchev–Trinajstić information content (AvgIpc) is 2.88. The molecular formula is C15H18N2O2. The third-order valence-electron chi connectivity index (χ3n) is 2.77. The van der Waals surface area contributed by atoms with Crippen molar-refractivity contribution >= 4 is 5.91 Å². The summed E-state index contributed by atoms with van der Waals surface area (Å²) >= 11 is 0. The number of pyridine rings is 1. The molecule has 100 valence electrons. The highest BCUT2D eigenvalue weighted by Crippen LogP contribution is 2.21. The molecule has 2 heterocycles. The van der Waals surface area contributed by atoms with Crippen molar-refractivity contribution in [2.45, 2.75) is 27.3 Å². The molecule has 0 saturated carbocycles. The highest BCUT2D eigenvalue weighted by Gasteiger charge is 2.21. The Hall–Kier alpha value is -2.10. The molecule has 0 unspecified atom stereocenters. The first kappa shape index (κ1) is 13.3. The van der Waals surface area contributed by atoms with Gasteiger partial charge in [0.1, 0.15) is 5.69 Å². The van der Waals surface area contributed by atoms with Crippen molar-refractivity contribution in [1.29, 1.82) is 0 Å². The van der Waals surface area contributed by atoms with Crippen molar-refractivity contribution < 1.29 is 9.21 Å². The molecule has 1 amide bonds. The van der Waals surface area contributed by atoms with Crippen molar-refractivity contribution in [2.75, 3.05) is 0 Å². The predicted molar refractivity (Wildman–Crippen MR) is 73.2 cm³/mol. The topological polar surface area (TPSA) is 55.1 Å². The average molecular weight is 258 g/mol. The minimum Gasteiger partial charge on any atom is -0.463 e. The van der Waals surface area contributed by atoms with Crippen molar-refractivity contribution in [3.63, 3.8) is 0 Å². The van der Waals surface area contributed by atoms with Crippen LogP contribution in [0.5, 0.6) is 0 Å². The van der Waals surface area contributed by atoms with Gasteiger partial charge in [-0.3, -0.25) is 9.78 Å². The molecule has 0 radical (unpaired) electrons. The van der Waals surface area contributed by atoms with E-state index in [4.69, 9.17) is 4.42 Å². The lowest BCUT2D eigenvalue weighted by Gasteiger charge is -2.18. The van der Waals surface area contributed by atoms with E-state index in [0.717, 1.165) is 11.3 Å². The normalized spacial score (nSPS) is 11.3. The summed E-state index contributed by atoms with van der Waals surface area (Å²) in [6.07, 6.45) is 3.33. The first-order valence-corrected chi connectivity index (χ1v) is 6.24. The van der Waals surface area contributed by atoms with E-state index in [-0.39, 0.29) is 5.91 Å². The second-order valence-electron chi connectivity index (χ2n) is 5.42. The number of carbonyl (C=O) groups is 1. The van der Waals surface area contributed by atoms with E-state index in [9.17, 15) is 4.79 Å². The summed E-state index contributed by atoms with van der Waals surface area (Å²) in [5, 5.41) is 2.92. The van der Waals surface area contributed by atoms with Gasteiger partial charge in [-0.2, -0.15) is 0 Å². The Kier molecular flexibility index (Phi) is 3.69. The maximum absolute atomic E-state index is 11.9. The van der Waals surface area contributed by atoms with Crippen LogP contribution in [0.1, 0.15) is 26.3 Å². The largest absolute Gasteiger partial charge is 0.463 e. The Morgan fingerprint density at radius 1 is 1.32 bits per heavy atom. The number of amides is 1. The maximum atomic E-state index is 11.9. The van der Waals surface area contributed by atoms with Crippen LogP contribution in [-0.4, -0.2) is 10.9 Å². The van der Waals surface area contributed by atoms with Crippen LogP contribution in [0.2, 0.25) is 0 Å². The number of aromatic nitrogens is 1. The lowest BCUT2D eigenvalue weighted by molar-refractivity contribution is -0.128. The molecule has 4 heteroatoms. The van der Waals surface area contributed by atoms with Crippen LogP contribution in [0.25, 0.3) is 11.5 Å². The molecule has 0 spiro atoms. The molecule has 0 aromatic carbocycles. The highest BCUT2D eigenvalue weighted by atomic mass is 16.3. The van der Waals surface area contributed by atoms with Crippen LogP contribution in [0.15, 0.2) is 41.1 Å². The second-order valence-corrected chi connectivity index (χ2v) is 5.42. The van der Waals surface area contributed by atoms with Gasteiger partial charge < -0.3 is 9.73 Å². The van der Waals surface area contributed by atoms with Crippen LogP contribution in [0.4, 0.5) is 0 Å². The van der Waals surface area contributed by atoms with Gasteiger partial charge in [0.2, 0.25) is 5.91 Å². The van der Waals surface area contributed by atoms with Gasteiger partial charge in [0.15, 0.2) is 5.76 Å². The summed E-state index contributed by atoms with van der Waals surface area (Å²) in [7, 11) is 0. The summed E-state index contributed by atoms with van der Waals surface area (Å²) in [5.74, 6) is 0.724. The summed E-state index contributed by atoms with van der Waals surface area (Å²) in [5.41, 5.74) is 1.31. The summed E-state index contributed by atoms with van der Waals surface area (Å²) in [6.45, 7) is 6.11. The van der Waals surface area contributed by atoms with Gasteiger partial charge in [-0.1, -0.05) is 26.8 Å². The lowest BCUT2D eigenvalue weighted by Crippen LogP contribution is -2.34. The van der Waals surface area contributed by atoms with E-state index in [1.54, 1.807) is 12.5 Å². The minimum atomic E-state index is -0.396. The van der Waals surface area contributed by atoms with Crippen molar-refractivity contribution in [3.05, 3.63) is 42.3 Å². The molecular weight excluding hydrogens is 240 g/mol. The molecule has 19 heavy (non-hydrogen) atoms. The second kappa shape index (κ2) is 5.26. The van der Waals surface area contributed by atoms with E-state index in [1.807, 2.05) is 45.0 Å². The van der Waals surface area contributed by atoms with E-state index >= 15 is 0 Å². The van der Waals surface area contributed by atoms with Crippen molar-refractivity contribution in [1.82, 2.24) is 10.3 Å². The molecule has 2 aromatic rings. The quantitative estimate of drug-likeness (QED) is 0.920. The Balaban J connectivity index is 2.16. The summed E-state index contributed by atoms with van der Waals surface area (Å²) in [4.78, 5) is 16.2. The van der Waals surface area contributed by atoms with Gasteiger partial charge >= 0.3 is 0 Å².